The molecule has 2 heterocycles. The molecular weight excluding hydrogens is 258 g/mol. The predicted molar refractivity (Wildman–Crippen MR) is 73.3 cm³/mol. The number of hydrogen-bond donors (Lipinski definition) is 2. The molecule has 1 atom stereocenters. The first-order valence-electron chi connectivity index (χ1n) is 6.58. The fourth-order valence-corrected chi connectivity index (χ4v) is 2.59. The van der Waals surface area contributed by atoms with E-state index in [0.717, 1.165) is 13.0 Å². The van der Waals surface area contributed by atoms with Crippen LogP contribution in [0.5, 0.6) is 0 Å². The quantitative estimate of drug-likeness (QED) is 0.848. The molecule has 6 heteroatoms. The van der Waals surface area contributed by atoms with Gasteiger partial charge in [-0.15, -0.1) is 0 Å². The van der Waals surface area contributed by atoms with Crippen molar-refractivity contribution >= 4 is 11.9 Å². The lowest BCUT2D eigenvalue weighted by molar-refractivity contribution is -0.129. The Balaban J connectivity index is 2.04. The fraction of sp³-hybridized carbons (Fsp3) is 0.500. The first kappa shape index (κ1) is 14.5. The second-order valence-electron chi connectivity index (χ2n) is 5.42. The highest BCUT2D eigenvalue weighted by atomic mass is 16.4. The lowest BCUT2D eigenvalue weighted by Crippen LogP contribution is -2.39. The van der Waals surface area contributed by atoms with Crippen LogP contribution in [0.25, 0.3) is 0 Å². The van der Waals surface area contributed by atoms with Gasteiger partial charge in [-0.2, -0.15) is 0 Å². The Morgan fingerprint density at radius 1 is 1.50 bits per heavy atom. The van der Waals surface area contributed by atoms with E-state index >= 15 is 0 Å². The van der Waals surface area contributed by atoms with Crippen LogP contribution >= 0.6 is 0 Å². The Bertz CT molecular complexity index is 532. The first-order valence-corrected chi connectivity index (χ1v) is 6.58. The number of aromatic carboxylic acids is 1. The zero-order valence-electron chi connectivity index (χ0n) is 11.7. The highest BCUT2D eigenvalue weighted by Gasteiger charge is 2.39. The van der Waals surface area contributed by atoms with Crippen LogP contribution in [0, 0.1) is 5.41 Å². The van der Waals surface area contributed by atoms with E-state index in [1.165, 1.54) is 6.07 Å². The van der Waals surface area contributed by atoms with Gasteiger partial charge in [0.15, 0.2) is 0 Å². The average molecular weight is 277 g/mol. The summed E-state index contributed by atoms with van der Waals surface area (Å²) in [4.78, 5) is 29.0. The summed E-state index contributed by atoms with van der Waals surface area (Å²) in [5.74, 6) is -0.976. The molecule has 108 valence electrons. The third-order valence-corrected chi connectivity index (χ3v) is 3.74. The average Bonchev–Trinajstić information content (AvgIpc) is 2.80. The fourth-order valence-electron chi connectivity index (χ4n) is 2.59. The highest BCUT2D eigenvalue weighted by Crippen LogP contribution is 2.30. The number of pyridine rings is 1. The summed E-state index contributed by atoms with van der Waals surface area (Å²) < 4.78 is 0. The van der Waals surface area contributed by atoms with Crippen LogP contribution in [0.2, 0.25) is 0 Å². The lowest BCUT2D eigenvalue weighted by atomic mass is 9.89. The third kappa shape index (κ3) is 2.96. The molecule has 6 nitrogen and oxygen atoms in total. The molecule has 1 aliphatic rings. The zero-order chi connectivity index (χ0) is 14.8. The van der Waals surface area contributed by atoms with Crippen molar-refractivity contribution in [3.05, 3.63) is 29.6 Å². The van der Waals surface area contributed by atoms with Crippen LogP contribution in [-0.2, 0) is 11.3 Å². The Morgan fingerprint density at radius 2 is 2.25 bits per heavy atom. The summed E-state index contributed by atoms with van der Waals surface area (Å²) in [7, 11) is 1.65. The van der Waals surface area contributed by atoms with Gasteiger partial charge in [0.25, 0.3) is 0 Å². The van der Waals surface area contributed by atoms with Crippen LogP contribution < -0.4 is 5.32 Å². The van der Waals surface area contributed by atoms with Gasteiger partial charge < -0.3 is 10.4 Å². The third-order valence-electron chi connectivity index (χ3n) is 3.74. The van der Waals surface area contributed by atoms with Crippen LogP contribution in [0.3, 0.4) is 0 Å². The molecule has 1 unspecified atom stereocenters. The number of amides is 1. The van der Waals surface area contributed by atoms with Gasteiger partial charge in [0.1, 0.15) is 5.69 Å². The minimum absolute atomic E-state index is 0.0484. The molecule has 1 aromatic rings. The Morgan fingerprint density at radius 3 is 2.90 bits per heavy atom. The van der Waals surface area contributed by atoms with E-state index < -0.39 is 5.97 Å². The highest BCUT2D eigenvalue weighted by molar-refractivity contribution is 5.85. The summed E-state index contributed by atoms with van der Waals surface area (Å²) in [5.41, 5.74) is 0.390. The molecular formula is C14H19N3O3. The van der Waals surface area contributed by atoms with Crippen molar-refractivity contribution < 1.29 is 14.7 Å². The van der Waals surface area contributed by atoms with E-state index in [-0.39, 0.29) is 17.0 Å². The molecule has 0 radical (unpaired) electrons. The molecule has 1 fully saturated rings. The Kier molecular flexibility index (Phi) is 4.04. The molecule has 0 spiro atoms. The number of hydrogen-bond acceptors (Lipinski definition) is 4. The molecule has 1 amide bonds. The van der Waals surface area contributed by atoms with Gasteiger partial charge in [0, 0.05) is 20.1 Å². The topological polar surface area (TPSA) is 82.5 Å². The summed E-state index contributed by atoms with van der Waals surface area (Å²) in [6.07, 6.45) is 0.797. The molecule has 1 aliphatic heterocycles. The van der Waals surface area contributed by atoms with Crippen molar-refractivity contribution in [1.82, 2.24) is 15.2 Å². The van der Waals surface area contributed by atoms with Gasteiger partial charge in [0.05, 0.1) is 11.1 Å². The smallest absolute Gasteiger partial charge is 0.354 e. The minimum atomic E-state index is -1.02. The second kappa shape index (κ2) is 5.58. The molecule has 2 rings (SSSR count). The van der Waals surface area contributed by atoms with E-state index in [1.807, 2.05) is 13.0 Å². The van der Waals surface area contributed by atoms with Crippen LogP contribution in [0.15, 0.2) is 18.2 Å². The number of nitrogens with zero attached hydrogens (tertiary/aromatic N) is 2. The molecule has 0 aliphatic carbocycles. The predicted octanol–water partition coefficient (Wildman–Crippen LogP) is 0.738. The standard InChI is InChI=1S/C14H19N3O3/c1-14(13(20)15-2)6-7-17(9-14)8-10-4-3-5-11(16-10)12(18)19/h3-5H,6-9H2,1-2H3,(H,15,20)(H,18,19). The minimum Gasteiger partial charge on any atom is -0.477 e. The van der Waals surface area contributed by atoms with E-state index in [2.05, 4.69) is 15.2 Å². The number of carboxylic acid groups (broad SMARTS) is 1. The SMILES string of the molecule is CNC(=O)C1(C)CCN(Cc2cccc(C(=O)O)n2)C1. The van der Waals surface area contributed by atoms with E-state index in [0.29, 0.717) is 18.8 Å². The summed E-state index contributed by atoms with van der Waals surface area (Å²) in [5, 5.41) is 11.6. The molecule has 0 aromatic carbocycles. The number of nitrogens with one attached hydrogen (secondary N) is 1. The summed E-state index contributed by atoms with van der Waals surface area (Å²) in [6, 6.07) is 4.98. The monoisotopic (exact) mass is 277 g/mol. The van der Waals surface area contributed by atoms with Gasteiger partial charge in [-0.25, -0.2) is 9.78 Å². The summed E-state index contributed by atoms with van der Waals surface area (Å²) in [6.45, 7) is 3.98. The molecule has 1 saturated heterocycles. The largest absolute Gasteiger partial charge is 0.477 e. The maximum atomic E-state index is 11.8. The van der Waals surface area contributed by atoms with Crippen molar-refractivity contribution in [1.29, 1.82) is 0 Å². The number of rotatable bonds is 4. The van der Waals surface area contributed by atoms with E-state index in [4.69, 9.17) is 5.11 Å². The molecule has 1 aromatic heterocycles. The summed E-state index contributed by atoms with van der Waals surface area (Å²) >= 11 is 0. The van der Waals surface area contributed by atoms with Crippen LogP contribution in [-0.4, -0.2) is 47.0 Å². The molecule has 2 N–H and O–H groups in total. The molecule has 0 saturated carbocycles. The van der Waals surface area contributed by atoms with Crippen molar-refractivity contribution in [2.75, 3.05) is 20.1 Å². The lowest BCUT2D eigenvalue weighted by Gasteiger charge is -2.22. The van der Waals surface area contributed by atoms with E-state index in [1.54, 1.807) is 13.1 Å². The van der Waals surface area contributed by atoms with Crippen molar-refractivity contribution in [3.63, 3.8) is 0 Å². The van der Waals surface area contributed by atoms with Crippen LogP contribution in [0.1, 0.15) is 29.5 Å². The van der Waals surface area contributed by atoms with Crippen LogP contribution in [0.4, 0.5) is 0 Å². The van der Waals surface area contributed by atoms with Gasteiger partial charge in [-0.1, -0.05) is 6.07 Å². The Hall–Kier alpha value is -1.95. The van der Waals surface area contributed by atoms with Gasteiger partial charge >= 0.3 is 5.97 Å². The molecule has 0 bridgehead atoms. The molecule has 20 heavy (non-hydrogen) atoms. The zero-order valence-corrected chi connectivity index (χ0v) is 11.7. The van der Waals surface area contributed by atoms with Crippen molar-refractivity contribution in [2.24, 2.45) is 5.41 Å². The number of carbonyl (C=O) groups is 2. The van der Waals surface area contributed by atoms with E-state index in [9.17, 15) is 9.59 Å². The second-order valence-corrected chi connectivity index (χ2v) is 5.42. The maximum absolute atomic E-state index is 11.8. The van der Waals surface area contributed by atoms with Gasteiger partial charge in [-0.05, 0) is 32.0 Å². The number of carbonyl (C=O) groups excluding carboxylic acids is 1. The maximum Gasteiger partial charge on any atom is 0.354 e. The van der Waals surface area contributed by atoms with Crippen molar-refractivity contribution in [3.8, 4) is 0 Å². The van der Waals surface area contributed by atoms with Gasteiger partial charge in [-0.3, -0.25) is 9.69 Å². The Labute approximate surface area is 117 Å². The number of aromatic nitrogens is 1. The number of likely N-dealkylation sites (tertiary alicyclic amines) is 1. The first-order chi connectivity index (χ1) is 9.44. The normalized spacial score (nSPS) is 22.7. The number of carboxylic acids is 1. The van der Waals surface area contributed by atoms with Gasteiger partial charge in [0.2, 0.25) is 5.91 Å². The van der Waals surface area contributed by atoms with Crippen molar-refractivity contribution in [2.45, 2.75) is 19.9 Å².